The highest BCUT2D eigenvalue weighted by Crippen LogP contribution is 2.10. The Labute approximate surface area is 88.3 Å². The molecule has 0 saturated heterocycles. The molecule has 0 aromatic carbocycles. The monoisotopic (exact) mass is 212 g/mol. The van der Waals surface area contributed by atoms with Crippen LogP contribution in [-0.2, 0) is 11.2 Å². The standard InChI is InChI=1S/C10H16N2OS/c1-6(2)10(11)9(13)4-8-5-14-7(3)12-8/h5-6,10H,4,11H2,1-3H3. The number of rotatable bonds is 4. The van der Waals surface area contributed by atoms with Crippen LogP contribution in [0.3, 0.4) is 0 Å². The van der Waals surface area contributed by atoms with Crippen LogP contribution in [0.15, 0.2) is 5.38 Å². The van der Waals surface area contributed by atoms with Gasteiger partial charge in [-0.05, 0) is 12.8 Å². The Balaban J connectivity index is 2.57. The summed E-state index contributed by atoms with van der Waals surface area (Å²) in [6.45, 7) is 5.84. The Hall–Kier alpha value is -0.740. The summed E-state index contributed by atoms with van der Waals surface area (Å²) in [6.07, 6.45) is 0.365. The second kappa shape index (κ2) is 4.66. The predicted octanol–water partition coefficient (Wildman–Crippen LogP) is 1.55. The van der Waals surface area contributed by atoms with Gasteiger partial charge in [0.1, 0.15) is 0 Å². The molecule has 14 heavy (non-hydrogen) atoms. The van der Waals surface area contributed by atoms with Gasteiger partial charge in [0.2, 0.25) is 0 Å². The van der Waals surface area contributed by atoms with Gasteiger partial charge in [-0.15, -0.1) is 11.3 Å². The molecule has 78 valence electrons. The van der Waals surface area contributed by atoms with Crippen LogP contribution in [0.1, 0.15) is 24.5 Å². The fourth-order valence-corrected chi connectivity index (χ4v) is 1.77. The van der Waals surface area contributed by atoms with E-state index >= 15 is 0 Å². The van der Waals surface area contributed by atoms with Gasteiger partial charge >= 0.3 is 0 Å². The number of nitrogens with zero attached hydrogens (tertiary/aromatic N) is 1. The van der Waals surface area contributed by atoms with E-state index in [1.165, 1.54) is 0 Å². The number of ketones is 1. The third-order valence-corrected chi connectivity index (χ3v) is 2.93. The maximum atomic E-state index is 11.6. The van der Waals surface area contributed by atoms with E-state index < -0.39 is 0 Å². The van der Waals surface area contributed by atoms with E-state index in [4.69, 9.17) is 5.73 Å². The molecular formula is C10H16N2OS. The van der Waals surface area contributed by atoms with E-state index in [-0.39, 0.29) is 17.7 Å². The summed E-state index contributed by atoms with van der Waals surface area (Å²) < 4.78 is 0. The third-order valence-electron chi connectivity index (χ3n) is 2.11. The number of hydrogen-bond acceptors (Lipinski definition) is 4. The fraction of sp³-hybridized carbons (Fsp3) is 0.600. The summed E-state index contributed by atoms with van der Waals surface area (Å²) in [5.41, 5.74) is 6.58. The zero-order chi connectivity index (χ0) is 10.7. The lowest BCUT2D eigenvalue weighted by molar-refractivity contribution is -0.120. The highest BCUT2D eigenvalue weighted by molar-refractivity contribution is 7.09. The number of hydrogen-bond donors (Lipinski definition) is 1. The van der Waals surface area contributed by atoms with E-state index in [1.807, 2.05) is 26.2 Å². The van der Waals surface area contributed by atoms with Crippen molar-refractivity contribution in [2.45, 2.75) is 33.2 Å². The van der Waals surface area contributed by atoms with Crippen LogP contribution in [0, 0.1) is 12.8 Å². The van der Waals surface area contributed by atoms with Crippen molar-refractivity contribution < 1.29 is 4.79 Å². The molecule has 0 bridgehead atoms. The van der Waals surface area contributed by atoms with Crippen LogP contribution >= 0.6 is 11.3 Å². The molecule has 1 atom stereocenters. The lowest BCUT2D eigenvalue weighted by Gasteiger charge is -2.12. The van der Waals surface area contributed by atoms with Crippen molar-refractivity contribution in [3.63, 3.8) is 0 Å². The van der Waals surface area contributed by atoms with E-state index in [0.717, 1.165) is 10.7 Å². The summed E-state index contributed by atoms with van der Waals surface area (Å²) in [7, 11) is 0. The minimum atomic E-state index is -0.364. The molecule has 1 unspecified atom stereocenters. The number of aromatic nitrogens is 1. The second-order valence-corrected chi connectivity index (χ2v) is 4.83. The van der Waals surface area contributed by atoms with Crippen molar-refractivity contribution in [1.82, 2.24) is 4.98 Å². The predicted molar refractivity (Wildman–Crippen MR) is 58.4 cm³/mol. The topological polar surface area (TPSA) is 56.0 Å². The Morgan fingerprint density at radius 3 is 2.71 bits per heavy atom. The minimum Gasteiger partial charge on any atom is -0.321 e. The molecular weight excluding hydrogens is 196 g/mol. The maximum absolute atomic E-state index is 11.6. The van der Waals surface area contributed by atoms with Gasteiger partial charge in [0.05, 0.1) is 23.2 Å². The summed E-state index contributed by atoms with van der Waals surface area (Å²) >= 11 is 1.56. The maximum Gasteiger partial charge on any atom is 0.155 e. The molecule has 0 aliphatic rings. The van der Waals surface area contributed by atoms with Crippen LogP contribution in [-0.4, -0.2) is 16.8 Å². The van der Waals surface area contributed by atoms with E-state index in [0.29, 0.717) is 6.42 Å². The van der Waals surface area contributed by atoms with Crippen molar-refractivity contribution in [2.75, 3.05) is 0 Å². The van der Waals surface area contributed by atoms with Gasteiger partial charge in [-0.2, -0.15) is 0 Å². The molecule has 0 aliphatic heterocycles. The number of carbonyl (C=O) groups is 1. The largest absolute Gasteiger partial charge is 0.321 e. The molecule has 1 aromatic rings. The summed E-state index contributed by atoms with van der Waals surface area (Å²) in [6, 6.07) is -0.364. The third kappa shape index (κ3) is 2.89. The lowest BCUT2D eigenvalue weighted by Crippen LogP contribution is -2.36. The summed E-state index contributed by atoms with van der Waals surface area (Å²) in [4.78, 5) is 15.8. The number of carbonyl (C=O) groups excluding carboxylic acids is 1. The number of thiazole rings is 1. The van der Waals surface area contributed by atoms with E-state index in [9.17, 15) is 4.79 Å². The first-order valence-electron chi connectivity index (χ1n) is 4.70. The summed E-state index contributed by atoms with van der Waals surface area (Å²) in [5, 5.41) is 2.91. The molecule has 1 aromatic heterocycles. The summed E-state index contributed by atoms with van der Waals surface area (Å²) in [5.74, 6) is 0.271. The van der Waals surface area contributed by atoms with Gasteiger partial charge in [-0.1, -0.05) is 13.8 Å². The van der Waals surface area contributed by atoms with Crippen molar-refractivity contribution in [3.8, 4) is 0 Å². The molecule has 0 saturated carbocycles. The molecule has 4 heteroatoms. The van der Waals surface area contributed by atoms with Gasteiger partial charge < -0.3 is 5.73 Å². The first kappa shape index (κ1) is 11.3. The van der Waals surface area contributed by atoms with E-state index in [1.54, 1.807) is 11.3 Å². The Kier molecular flexibility index (Phi) is 3.77. The average molecular weight is 212 g/mol. The van der Waals surface area contributed by atoms with Crippen molar-refractivity contribution >= 4 is 17.1 Å². The average Bonchev–Trinajstić information content (AvgIpc) is 2.49. The molecule has 2 N–H and O–H groups in total. The van der Waals surface area contributed by atoms with Gasteiger partial charge in [0, 0.05) is 5.38 Å². The molecule has 1 heterocycles. The van der Waals surface area contributed by atoms with E-state index in [2.05, 4.69) is 4.98 Å². The smallest absolute Gasteiger partial charge is 0.155 e. The first-order chi connectivity index (χ1) is 6.50. The van der Waals surface area contributed by atoms with Crippen LogP contribution in [0.2, 0.25) is 0 Å². The first-order valence-corrected chi connectivity index (χ1v) is 5.58. The van der Waals surface area contributed by atoms with Crippen molar-refractivity contribution in [2.24, 2.45) is 11.7 Å². The molecule has 3 nitrogen and oxygen atoms in total. The highest BCUT2D eigenvalue weighted by atomic mass is 32.1. The van der Waals surface area contributed by atoms with Gasteiger partial charge in [-0.25, -0.2) is 4.98 Å². The van der Waals surface area contributed by atoms with Crippen LogP contribution in [0.25, 0.3) is 0 Å². The second-order valence-electron chi connectivity index (χ2n) is 3.77. The van der Waals surface area contributed by atoms with Gasteiger partial charge in [0.15, 0.2) is 5.78 Å². The van der Waals surface area contributed by atoms with Gasteiger partial charge in [-0.3, -0.25) is 4.79 Å². The lowest BCUT2D eigenvalue weighted by atomic mass is 9.98. The Morgan fingerprint density at radius 1 is 1.64 bits per heavy atom. The van der Waals surface area contributed by atoms with Gasteiger partial charge in [0.25, 0.3) is 0 Å². The fourth-order valence-electron chi connectivity index (χ4n) is 1.16. The van der Waals surface area contributed by atoms with Crippen LogP contribution in [0.5, 0.6) is 0 Å². The molecule has 0 radical (unpaired) electrons. The zero-order valence-corrected chi connectivity index (χ0v) is 9.60. The van der Waals surface area contributed by atoms with Crippen molar-refractivity contribution in [1.29, 1.82) is 0 Å². The van der Waals surface area contributed by atoms with Crippen LogP contribution in [0.4, 0.5) is 0 Å². The molecule has 0 fully saturated rings. The SMILES string of the molecule is Cc1nc(CC(=O)C(N)C(C)C)cs1. The normalized spacial score (nSPS) is 13.2. The molecule has 0 aliphatic carbocycles. The minimum absolute atomic E-state index is 0.0744. The molecule has 1 rings (SSSR count). The zero-order valence-electron chi connectivity index (χ0n) is 8.78. The van der Waals surface area contributed by atoms with Crippen LogP contribution < -0.4 is 5.73 Å². The highest BCUT2D eigenvalue weighted by Gasteiger charge is 2.18. The number of nitrogens with two attached hydrogens (primary N) is 1. The quantitative estimate of drug-likeness (QED) is 0.823. The number of Topliss-reactive ketones (excluding diaryl/α,β-unsaturated/α-hetero) is 1. The van der Waals surface area contributed by atoms with Crippen molar-refractivity contribution in [3.05, 3.63) is 16.1 Å². The molecule has 0 amide bonds. The molecule has 0 spiro atoms. The Bertz CT molecular complexity index is 320. The number of aryl methyl sites for hydroxylation is 1. The Morgan fingerprint density at radius 2 is 2.29 bits per heavy atom.